The SMILES string of the molecule is Cc1nnnn1-c1cccc(NC(=O)NC[C@@H](c2ccsc2)N(C)C)c1. The van der Waals surface area contributed by atoms with Gasteiger partial charge in [0.25, 0.3) is 0 Å². The summed E-state index contributed by atoms with van der Waals surface area (Å²) in [6.07, 6.45) is 0. The molecule has 0 aliphatic carbocycles. The summed E-state index contributed by atoms with van der Waals surface area (Å²) in [4.78, 5) is 14.4. The second kappa shape index (κ2) is 8.07. The normalized spacial score (nSPS) is 12.2. The van der Waals surface area contributed by atoms with Crippen molar-refractivity contribution in [1.29, 1.82) is 0 Å². The summed E-state index contributed by atoms with van der Waals surface area (Å²) in [5.74, 6) is 0.677. The van der Waals surface area contributed by atoms with E-state index in [9.17, 15) is 4.79 Å². The summed E-state index contributed by atoms with van der Waals surface area (Å²) in [5, 5.41) is 21.4. The van der Waals surface area contributed by atoms with Crippen LogP contribution in [0.25, 0.3) is 5.69 Å². The van der Waals surface area contributed by atoms with E-state index in [1.54, 1.807) is 16.0 Å². The number of hydrogen-bond donors (Lipinski definition) is 2. The molecule has 3 rings (SSSR count). The zero-order chi connectivity index (χ0) is 18.5. The zero-order valence-electron chi connectivity index (χ0n) is 14.9. The van der Waals surface area contributed by atoms with Crippen molar-refractivity contribution in [3.8, 4) is 5.69 Å². The number of anilines is 1. The molecule has 0 bridgehead atoms. The lowest BCUT2D eigenvalue weighted by Crippen LogP contribution is -2.36. The lowest BCUT2D eigenvalue weighted by Gasteiger charge is -2.24. The van der Waals surface area contributed by atoms with Crippen LogP contribution in [-0.2, 0) is 0 Å². The fourth-order valence-electron chi connectivity index (χ4n) is 2.61. The summed E-state index contributed by atoms with van der Waals surface area (Å²) in [6, 6.07) is 9.33. The van der Waals surface area contributed by atoms with E-state index in [0.29, 0.717) is 18.1 Å². The van der Waals surface area contributed by atoms with Crippen molar-refractivity contribution in [1.82, 2.24) is 30.4 Å². The molecule has 0 aliphatic heterocycles. The molecule has 3 aromatic rings. The van der Waals surface area contributed by atoms with Gasteiger partial charge in [0.05, 0.1) is 11.7 Å². The number of carbonyl (C=O) groups is 1. The number of rotatable bonds is 6. The molecule has 0 fully saturated rings. The number of aromatic nitrogens is 4. The first-order valence-corrected chi connectivity index (χ1v) is 9.07. The van der Waals surface area contributed by atoms with Crippen LogP contribution in [0, 0.1) is 6.92 Å². The fourth-order valence-corrected chi connectivity index (χ4v) is 3.32. The molecule has 0 radical (unpaired) electrons. The predicted molar refractivity (Wildman–Crippen MR) is 102 cm³/mol. The second-order valence-electron chi connectivity index (χ2n) is 6.06. The molecule has 136 valence electrons. The predicted octanol–water partition coefficient (Wildman–Crippen LogP) is 2.46. The summed E-state index contributed by atoms with van der Waals surface area (Å²) in [6.45, 7) is 2.33. The molecular weight excluding hydrogens is 350 g/mol. The van der Waals surface area contributed by atoms with Gasteiger partial charge in [0.15, 0.2) is 5.82 Å². The van der Waals surface area contributed by atoms with Crippen molar-refractivity contribution in [2.24, 2.45) is 0 Å². The summed E-state index contributed by atoms with van der Waals surface area (Å²) < 4.78 is 1.61. The Kier molecular flexibility index (Phi) is 5.59. The Labute approximate surface area is 155 Å². The molecule has 1 aromatic carbocycles. The number of benzene rings is 1. The van der Waals surface area contributed by atoms with Crippen molar-refractivity contribution in [2.45, 2.75) is 13.0 Å². The topological polar surface area (TPSA) is 88.0 Å². The van der Waals surface area contributed by atoms with E-state index in [2.05, 4.69) is 42.5 Å². The minimum absolute atomic E-state index is 0.127. The van der Waals surface area contributed by atoms with Crippen LogP contribution in [0.5, 0.6) is 0 Å². The van der Waals surface area contributed by atoms with E-state index in [1.807, 2.05) is 50.7 Å². The molecule has 0 unspecified atom stereocenters. The van der Waals surface area contributed by atoms with Gasteiger partial charge in [-0.15, -0.1) is 5.10 Å². The molecule has 9 heteroatoms. The van der Waals surface area contributed by atoms with Crippen LogP contribution in [0.4, 0.5) is 10.5 Å². The number of urea groups is 1. The fraction of sp³-hybridized carbons (Fsp3) is 0.294. The molecule has 1 atom stereocenters. The van der Waals surface area contributed by atoms with Crippen molar-refractivity contribution >= 4 is 23.1 Å². The molecule has 2 amide bonds. The Bertz CT molecular complexity index is 860. The first-order valence-electron chi connectivity index (χ1n) is 8.13. The van der Waals surface area contributed by atoms with Gasteiger partial charge < -0.3 is 15.5 Å². The minimum atomic E-state index is -0.252. The average Bonchev–Trinajstić information content (AvgIpc) is 3.27. The van der Waals surface area contributed by atoms with Gasteiger partial charge in [0.1, 0.15) is 0 Å². The highest BCUT2D eigenvalue weighted by Crippen LogP contribution is 2.20. The number of nitrogens with zero attached hydrogens (tertiary/aromatic N) is 5. The first kappa shape index (κ1) is 18.0. The number of hydrogen-bond acceptors (Lipinski definition) is 6. The quantitative estimate of drug-likeness (QED) is 0.695. The number of carbonyl (C=O) groups excluding carboxylic acids is 1. The van der Waals surface area contributed by atoms with E-state index in [0.717, 1.165) is 5.69 Å². The van der Waals surface area contributed by atoms with Crippen LogP contribution in [-0.4, -0.2) is 51.8 Å². The highest BCUT2D eigenvalue weighted by atomic mass is 32.1. The molecule has 2 heterocycles. The Morgan fingerprint density at radius 3 is 2.85 bits per heavy atom. The third-order valence-corrected chi connectivity index (χ3v) is 4.68. The van der Waals surface area contributed by atoms with E-state index in [1.165, 1.54) is 5.56 Å². The first-order chi connectivity index (χ1) is 12.5. The van der Waals surface area contributed by atoms with Gasteiger partial charge in [-0.3, -0.25) is 0 Å². The van der Waals surface area contributed by atoms with Gasteiger partial charge in [0.2, 0.25) is 0 Å². The number of thiophene rings is 1. The molecular formula is C17H21N7OS. The molecule has 0 saturated carbocycles. The van der Waals surface area contributed by atoms with Gasteiger partial charge in [-0.1, -0.05) is 6.07 Å². The number of likely N-dealkylation sites (N-methyl/N-ethyl adjacent to an activating group) is 1. The van der Waals surface area contributed by atoms with Crippen LogP contribution >= 0.6 is 11.3 Å². The number of aryl methyl sites for hydroxylation is 1. The molecule has 2 N–H and O–H groups in total. The third-order valence-electron chi connectivity index (χ3n) is 3.98. The molecule has 26 heavy (non-hydrogen) atoms. The highest BCUT2D eigenvalue weighted by Gasteiger charge is 2.15. The lowest BCUT2D eigenvalue weighted by molar-refractivity contribution is 0.243. The smallest absolute Gasteiger partial charge is 0.319 e. The third kappa shape index (κ3) is 4.24. The van der Waals surface area contributed by atoms with Gasteiger partial charge in [0, 0.05) is 12.2 Å². The second-order valence-corrected chi connectivity index (χ2v) is 6.84. The van der Waals surface area contributed by atoms with Gasteiger partial charge in [-0.25, -0.2) is 4.79 Å². The number of nitrogens with one attached hydrogen (secondary N) is 2. The number of amides is 2. The van der Waals surface area contributed by atoms with Crippen molar-refractivity contribution in [2.75, 3.05) is 26.0 Å². The maximum atomic E-state index is 12.3. The molecule has 0 spiro atoms. The molecule has 0 aliphatic rings. The minimum Gasteiger partial charge on any atom is -0.336 e. The van der Waals surface area contributed by atoms with E-state index < -0.39 is 0 Å². The standard InChI is InChI=1S/C17H21N7OS/c1-12-20-21-22-24(12)15-6-4-5-14(9-15)19-17(25)18-10-16(23(2)3)13-7-8-26-11-13/h4-9,11,16H,10H2,1-3H3,(H2,18,19,25)/t16-/m0/s1. The summed E-state index contributed by atoms with van der Waals surface area (Å²) in [7, 11) is 4.00. The maximum absolute atomic E-state index is 12.3. The van der Waals surface area contributed by atoms with Crippen LogP contribution in [0.3, 0.4) is 0 Å². The molecule has 8 nitrogen and oxygen atoms in total. The maximum Gasteiger partial charge on any atom is 0.319 e. The van der Waals surface area contributed by atoms with E-state index >= 15 is 0 Å². The van der Waals surface area contributed by atoms with Gasteiger partial charge in [-0.05, 0) is 72.0 Å². The van der Waals surface area contributed by atoms with Crippen LogP contribution in [0.1, 0.15) is 17.4 Å². The highest BCUT2D eigenvalue weighted by molar-refractivity contribution is 7.07. The Balaban J connectivity index is 1.62. The average molecular weight is 371 g/mol. The number of tetrazole rings is 1. The van der Waals surface area contributed by atoms with Crippen LogP contribution < -0.4 is 10.6 Å². The van der Waals surface area contributed by atoms with Crippen LogP contribution in [0.15, 0.2) is 41.1 Å². The zero-order valence-corrected chi connectivity index (χ0v) is 15.7. The largest absolute Gasteiger partial charge is 0.336 e. The monoisotopic (exact) mass is 371 g/mol. The summed E-state index contributed by atoms with van der Waals surface area (Å²) in [5.41, 5.74) is 2.65. The van der Waals surface area contributed by atoms with Crippen molar-refractivity contribution in [3.05, 3.63) is 52.5 Å². The van der Waals surface area contributed by atoms with E-state index in [-0.39, 0.29) is 12.1 Å². The lowest BCUT2D eigenvalue weighted by atomic mass is 10.1. The van der Waals surface area contributed by atoms with Gasteiger partial charge in [-0.2, -0.15) is 16.0 Å². The Morgan fingerprint density at radius 1 is 1.35 bits per heavy atom. The van der Waals surface area contributed by atoms with Crippen molar-refractivity contribution < 1.29 is 4.79 Å². The van der Waals surface area contributed by atoms with Crippen molar-refractivity contribution in [3.63, 3.8) is 0 Å². The molecule has 0 saturated heterocycles. The van der Waals surface area contributed by atoms with Gasteiger partial charge >= 0.3 is 6.03 Å². The van der Waals surface area contributed by atoms with E-state index in [4.69, 9.17) is 0 Å². The molecule has 2 aromatic heterocycles. The summed E-state index contributed by atoms with van der Waals surface area (Å²) >= 11 is 1.65. The van der Waals surface area contributed by atoms with Crippen LogP contribution in [0.2, 0.25) is 0 Å². The Hall–Kier alpha value is -2.78. The Morgan fingerprint density at radius 2 is 2.19 bits per heavy atom.